The second-order valence-corrected chi connectivity index (χ2v) is 5.10. The van der Waals surface area contributed by atoms with E-state index in [1.807, 2.05) is 19.2 Å². The van der Waals surface area contributed by atoms with E-state index in [2.05, 4.69) is 20.9 Å². The molecule has 2 aromatic rings. The summed E-state index contributed by atoms with van der Waals surface area (Å²) < 4.78 is 2.86. The molecule has 0 aliphatic rings. The van der Waals surface area contributed by atoms with Gasteiger partial charge in [-0.25, -0.2) is 0 Å². The van der Waals surface area contributed by atoms with Gasteiger partial charge in [-0.2, -0.15) is 4.98 Å². The fourth-order valence-corrected chi connectivity index (χ4v) is 2.53. The molecule has 1 N–H and O–H groups in total. The molecular formula is C8H7BrN2OS. The molecule has 0 fully saturated rings. The van der Waals surface area contributed by atoms with Crippen molar-refractivity contribution < 1.29 is 5.11 Å². The Kier molecular flexibility index (Phi) is 2.13. The maximum absolute atomic E-state index is 9.16. The van der Waals surface area contributed by atoms with Crippen LogP contribution < -0.4 is 0 Å². The van der Waals surface area contributed by atoms with Crippen molar-refractivity contribution in [3.8, 4) is 16.6 Å². The summed E-state index contributed by atoms with van der Waals surface area (Å²) in [6.45, 7) is 0. The molecule has 5 heteroatoms. The number of nitrogens with zero attached hydrogens (tertiary/aromatic N) is 2. The molecule has 0 unspecified atom stereocenters. The molecule has 0 atom stereocenters. The van der Waals surface area contributed by atoms with Gasteiger partial charge >= 0.3 is 0 Å². The lowest BCUT2D eigenvalue weighted by atomic mass is 10.4. The molecule has 0 saturated carbocycles. The standard InChI is InChI=1S/C8H7BrN2OS/c1-11-4-7(12)10-8(11)5-2-3-6(9)13-5/h2-4,12H,1H3. The number of rotatable bonds is 1. The van der Waals surface area contributed by atoms with E-state index in [0.29, 0.717) is 0 Å². The molecule has 13 heavy (non-hydrogen) atoms. The van der Waals surface area contributed by atoms with Gasteiger partial charge in [0.2, 0.25) is 5.88 Å². The quantitative estimate of drug-likeness (QED) is 0.854. The molecule has 2 rings (SSSR count). The molecule has 2 aromatic heterocycles. The number of imidazole rings is 1. The van der Waals surface area contributed by atoms with E-state index in [4.69, 9.17) is 5.11 Å². The molecule has 0 aromatic carbocycles. The van der Waals surface area contributed by atoms with Crippen LogP contribution in [0.1, 0.15) is 0 Å². The molecule has 68 valence electrons. The summed E-state index contributed by atoms with van der Waals surface area (Å²) in [7, 11) is 1.86. The van der Waals surface area contributed by atoms with Crippen molar-refractivity contribution in [2.24, 2.45) is 7.05 Å². The Morgan fingerprint density at radius 1 is 1.54 bits per heavy atom. The first-order valence-electron chi connectivity index (χ1n) is 3.65. The van der Waals surface area contributed by atoms with E-state index in [1.165, 1.54) is 0 Å². The Bertz CT molecular complexity index is 435. The van der Waals surface area contributed by atoms with E-state index < -0.39 is 0 Å². The van der Waals surface area contributed by atoms with Crippen molar-refractivity contribution >= 4 is 27.3 Å². The third-order valence-electron chi connectivity index (χ3n) is 1.66. The van der Waals surface area contributed by atoms with Gasteiger partial charge in [0.25, 0.3) is 0 Å². The number of thiophene rings is 1. The summed E-state index contributed by atoms with van der Waals surface area (Å²) in [5.74, 6) is 0.843. The zero-order chi connectivity index (χ0) is 9.42. The highest BCUT2D eigenvalue weighted by Crippen LogP contribution is 2.31. The minimum atomic E-state index is 0.0574. The molecule has 3 nitrogen and oxygen atoms in total. The maximum Gasteiger partial charge on any atom is 0.229 e. The second kappa shape index (κ2) is 3.16. The van der Waals surface area contributed by atoms with Gasteiger partial charge in [0, 0.05) is 7.05 Å². The topological polar surface area (TPSA) is 38.0 Å². The molecule has 0 aliphatic carbocycles. The number of aromatic nitrogens is 2. The lowest BCUT2D eigenvalue weighted by molar-refractivity contribution is 0.456. The maximum atomic E-state index is 9.16. The van der Waals surface area contributed by atoms with Crippen molar-refractivity contribution in [2.45, 2.75) is 0 Å². The van der Waals surface area contributed by atoms with Gasteiger partial charge < -0.3 is 9.67 Å². The Hall–Kier alpha value is -0.810. The number of hydrogen-bond donors (Lipinski definition) is 1. The zero-order valence-corrected chi connectivity index (χ0v) is 9.26. The summed E-state index contributed by atoms with van der Waals surface area (Å²) in [5, 5.41) is 9.16. The molecule has 0 saturated heterocycles. The Balaban J connectivity index is 2.51. The lowest BCUT2D eigenvalue weighted by Crippen LogP contribution is -1.87. The summed E-state index contributed by atoms with van der Waals surface area (Å²) >= 11 is 4.97. The molecule has 2 heterocycles. The van der Waals surface area contributed by atoms with Gasteiger partial charge in [-0.3, -0.25) is 0 Å². The van der Waals surface area contributed by atoms with Crippen molar-refractivity contribution in [3.63, 3.8) is 0 Å². The van der Waals surface area contributed by atoms with Crippen LogP contribution in [0.5, 0.6) is 5.88 Å². The van der Waals surface area contributed by atoms with Crippen LogP contribution in [-0.2, 0) is 7.05 Å². The van der Waals surface area contributed by atoms with Crippen LogP contribution in [0.25, 0.3) is 10.7 Å². The minimum absolute atomic E-state index is 0.0574. The first-order chi connectivity index (χ1) is 6.16. The third kappa shape index (κ3) is 1.62. The lowest BCUT2D eigenvalue weighted by Gasteiger charge is -1.94. The second-order valence-electron chi connectivity index (χ2n) is 2.64. The van der Waals surface area contributed by atoms with E-state index >= 15 is 0 Å². The largest absolute Gasteiger partial charge is 0.492 e. The minimum Gasteiger partial charge on any atom is -0.492 e. The molecule has 0 spiro atoms. The van der Waals surface area contributed by atoms with Crippen LogP contribution in [0, 0.1) is 0 Å². The van der Waals surface area contributed by atoms with Crippen molar-refractivity contribution in [1.29, 1.82) is 0 Å². The fraction of sp³-hybridized carbons (Fsp3) is 0.125. The van der Waals surface area contributed by atoms with Gasteiger partial charge in [0.1, 0.15) is 0 Å². The summed E-state index contributed by atoms with van der Waals surface area (Å²) in [6.07, 6.45) is 1.59. The number of halogens is 1. The first-order valence-corrected chi connectivity index (χ1v) is 5.26. The van der Waals surface area contributed by atoms with E-state index in [9.17, 15) is 0 Å². The predicted molar refractivity (Wildman–Crippen MR) is 55.9 cm³/mol. The highest BCUT2D eigenvalue weighted by Gasteiger charge is 2.08. The van der Waals surface area contributed by atoms with E-state index in [0.717, 1.165) is 14.5 Å². The number of hydrogen-bond acceptors (Lipinski definition) is 3. The Morgan fingerprint density at radius 3 is 2.77 bits per heavy atom. The molecule has 0 amide bonds. The normalized spacial score (nSPS) is 10.6. The third-order valence-corrected chi connectivity index (χ3v) is 3.28. The molecule has 0 radical (unpaired) electrons. The Morgan fingerprint density at radius 2 is 2.31 bits per heavy atom. The SMILES string of the molecule is Cn1cc(O)nc1-c1ccc(Br)s1. The molecule has 0 bridgehead atoms. The highest BCUT2D eigenvalue weighted by atomic mass is 79.9. The van der Waals surface area contributed by atoms with E-state index in [-0.39, 0.29) is 5.88 Å². The average molecular weight is 259 g/mol. The average Bonchev–Trinajstić information content (AvgIpc) is 2.58. The van der Waals surface area contributed by atoms with Gasteiger partial charge in [-0.1, -0.05) is 0 Å². The predicted octanol–water partition coefficient (Wildman–Crippen LogP) is 2.62. The van der Waals surface area contributed by atoms with Crippen LogP contribution in [-0.4, -0.2) is 14.7 Å². The Labute approximate surface area is 87.8 Å². The van der Waals surface area contributed by atoms with Crippen LogP contribution in [0.4, 0.5) is 0 Å². The van der Waals surface area contributed by atoms with Crippen LogP contribution >= 0.6 is 27.3 Å². The van der Waals surface area contributed by atoms with Gasteiger partial charge in [-0.05, 0) is 28.1 Å². The zero-order valence-electron chi connectivity index (χ0n) is 6.86. The molecule has 0 aliphatic heterocycles. The number of aromatic hydroxyl groups is 1. The summed E-state index contributed by atoms with van der Waals surface area (Å²) in [6, 6.07) is 3.93. The fourth-order valence-electron chi connectivity index (χ4n) is 1.11. The summed E-state index contributed by atoms with van der Waals surface area (Å²) in [5.41, 5.74) is 0. The smallest absolute Gasteiger partial charge is 0.229 e. The monoisotopic (exact) mass is 258 g/mol. The van der Waals surface area contributed by atoms with Gasteiger partial charge in [-0.15, -0.1) is 11.3 Å². The molecular weight excluding hydrogens is 252 g/mol. The van der Waals surface area contributed by atoms with Crippen LogP contribution in [0.3, 0.4) is 0 Å². The van der Waals surface area contributed by atoms with Gasteiger partial charge in [0.15, 0.2) is 5.82 Å². The first kappa shape index (κ1) is 8.77. The summed E-state index contributed by atoms with van der Waals surface area (Å²) in [4.78, 5) is 5.04. The van der Waals surface area contributed by atoms with E-state index in [1.54, 1.807) is 22.1 Å². The number of aryl methyl sites for hydroxylation is 1. The van der Waals surface area contributed by atoms with Crippen LogP contribution in [0.2, 0.25) is 0 Å². The van der Waals surface area contributed by atoms with Crippen molar-refractivity contribution in [3.05, 3.63) is 22.1 Å². The van der Waals surface area contributed by atoms with Crippen LogP contribution in [0.15, 0.2) is 22.1 Å². The highest BCUT2D eigenvalue weighted by molar-refractivity contribution is 9.11. The van der Waals surface area contributed by atoms with Gasteiger partial charge in [0.05, 0.1) is 14.9 Å². The van der Waals surface area contributed by atoms with Crippen molar-refractivity contribution in [2.75, 3.05) is 0 Å². The van der Waals surface area contributed by atoms with Crippen molar-refractivity contribution in [1.82, 2.24) is 9.55 Å².